The normalized spacial score (nSPS) is 14.0. The van der Waals surface area contributed by atoms with Gasteiger partial charge in [0.25, 0.3) is 5.69 Å². The van der Waals surface area contributed by atoms with Gasteiger partial charge >= 0.3 is 11.7 Å². The van der Waals surface area contributed by atoms with Gasteiger partial charge in [-0.15, -0.1) is 0 Å². The SMILES string of the molecule is [2H]C([2H])([2H])c1cccc2c1[N+](c1cc(C(C)(C)C)cc(C(C)(C)C)c1)=C=[N+]2c1cccc(Oc2ccc3c4cc(-n5c6ccccc6c6ccccc65)ccc4n(-c4cc(C(C)(C)C)ccn4)c3c2)c1. The monoisotopic (exact) mass is 878 g/mol. The molecule has 0 spiro atoms. The van der Waals surface area contributed by atoms with Gasteiger partial charge in [0.2, 0.25) is 11.4 Å². The van der Waals surface area contributed by atoms with Crippen LogP contribution in [0.3, 0.4) is 0 Å². The lowest BCUT2D eigenvalue weighted by molar-refractivity contribution is 0.483. The molecule has 10 aromatic rings. The van der Waals surface area contributed by atoms with Gasteiger partial charge in [0.05, 0.1) is 28.1 Å². The average Bonchev–Trinajstić information content (AvgIpc) is 3.98. The van der Waals surface area contributed by atoms with E-state index in [1.807, 2.05) is 57.8 Å². The van der Waals surface area contributed by atoms with Crippen LogP contribution in [0.2, 0.25) is 0 Å². The van der Waals surface area contributed by atoms with Crippen LogP contribution in [-0.4, -0.2) is 20.1 Å². The number of ether oxygens (including phenoxy) is 1. The summed E-state index contributed by atoms with van der Waals surface area (Å²) in [7, 11) is 0. The first-order valence-electron chi connectivity index (χ1n) is 24.7. The number of fused-ring (bicyclic) bond motifs is 7. The Hall–Kier alpha value is -7.53. The van der Waals surface area contributed by atoms with E-state index in [2.05, 4.69) is 187 Å². The molecule has 0 radical (unpaired) electrons. The first kappa shape index (κ1) is 38.7. The molecular weight excluding hydrogens is 819 g/mol. The van der Waals surface area contributed by atoms with E-state index in [9.17, 15) is 0 Å². The third-order valence-corrected chi connectivity index (χ3v) is 13.3. The molecule has 4 heterocycles. The molecule has 11 rings (SSSR count). The maximum atomic E-state index is 8.64. The molecule has 0 aliphatic carbocycles. The summed E-state index contributed by atoms with van der Waals surface area (Å²) in [5.41, 5.74) is 11.8. The van der Waals surface area contributed by atoms with Crippen LogP contribution in [0.1, 0.15) is 88.7 Å². The number of aromatic nitrogens is 3. The zero-order chi connectivity index (χ0) is 49.1. The summed E-state index contributed by atoms with van der Waals surface area (Å²) in [6, 6.07) is 58.1. The fraction of sp³-hybridized carbons (Fsp3) is 0.213. The minimum atomic E-state index is -2.36. The second-order valence-electron chi connectivity index (χ2n) is 21.1. The third-order valence-electron chi connectivity index (χ3n) is 13.3. The first-order valence-corrected chi connectivity index (χ1v) is 23.2. The molecule has 3 aromatic heterocycles. The third kappa shape index (κ3) is 7.24. The summed E-state index contributed by atoms with van der Waals surface area (Å²) in [4.78, 5) is 4.99. The van der Waals surface area contributed by atoms with Crippen LogP contribution in [0.15, 0.2) is 164 Å². The Labute approximate surface area is 397 Å². The molecule has 6 heteroatoms. The molecule has 1 aliphatic rings. The van der Waals surface area contributed by atoms with Crippen molar-refractivity contribution in [3.63, 3.8) is 0 Å². The maximum Gasteiger partial charge on any atom is 0.503 e. The van der Waals surface area contributed by atoms with Gasteiger partial charge in [0.1, 0.15) is 17.3 Å². The number of rotatable bonds is 6. The van der Waals surface area contributed by atoms with Gasteiger partial charge in [0.15, 0.2) is 0 Å². The van der Waals surface area contributed by atoms with Gasteiger partial charge in [-0.2, -0.15) is 0 Å². The maximum absolute atomic E-state index is 8.64. The predicted molar refractivity (Wildman–Crippen MR) is 281 cm³/mol. The smallest absolute Gasteiger partial charge is 0.457 e. The van der Waals surface area contributed by atoms with E-state index in [1.165, 1.54) is 16.3 Å². The average molecular weight is 879 g/mol. The van der Waals surface area contributed by atoms with E-state index in [-0.39, 0.29) is 21.8 Å². The van der Waals surface area contributed by atoms with Crippen LogP contribution >= 0.6 is 0 Å². The second kappa shape index (κ2) is 15.3. The van der Waals surface area contributed by atoms with Gasteiger partial charge in [-0.05, 0) is 110 Å². The number of benzene rings is 7. The highest BCUT2D eigenvalue weighted by molar-refractivity contribution is 6.12. The van der Waals surface area contributed by atoms with E-state index in [0.717, 1.165) is 72.5 Å². The van der Waals surface area contributed by atoms with Crippen molar-refractivity contribution in [2.75, 3.05) is 0 Å². The quantitative estimate of drug-likeness (QED) is 0.156. The number of hydrogen-bond acceptors (Lipinski definition) is 2. The molecule has 7 aromatic carbocycles. The van der Waals surface area contributed by atoms with E-state index in [0.29, 0.717) is 17.2 Å². The molecule has 0 amide bonds. The van der Waals surface area contributed by atoms with Crippen molar-refractivity contribution in [2.45, 2.75) is 85.4 Å². The number of aryl methyl sites for hydroxylation is 1. The standard InChI is InChI=1S/C61H57N5O/c1-39-17-15-24-55-58(39)64(45-32-41(60(5,6)7)31-42(33-45)61(8,9)10)38-63(55)43-18-16-19-46(35-43)67-47-26-27-50-51-36-44(65-52-22-13-11-20-48(52)49-21-12-14-23-53(49)65)25-28-54(51)66(56(50)37-47)57-34-40(29-30-62-57)59(2,3)4/h11-37H,1-10H3/q+2/i1D3. The molecule has 67 heavy (non-hydrogen) atoms. The number of para-hydroxylation sites is 3. The molecule has 330 valence electrons. The summed E-state index contributed by atoms with van der Waals surface area (Å²) in [6.45, 7) is 17.6. The minimum absolute atomic E-state index is 0.0820. The first-order chi connectivity index (χ1) is 33.2. The molecule has 1 aliphatic heterocycles. The van der Waals surface area contributed by atoms with Crippen LogP contribution in [0.25, 0.3) is 55.1 Å². The molecule has 0 saturated carbocycles. The van der Waals surface area contributed by atoms with E-state index >= 15 is 0 Å². The Morgan fingerprint density at radius 3 is 1.82 bits per heavy atom. The van der Waals surface area contributed by atoms with Gasteiger partial charge < -0.3 is 9.30 Å². The Bertz CT molecular complexity index is 3760. The molecule has 0 unspecified atom stereocenters. The highest BCUT2D eigenvalue weighted by Crippen LogP contribution is 2.43. The lowest BCUT2D eigenvalue weighted by Crippen LogP contribution is -2.17. The highest BCUT2D eigenvalue weighted by atomic mass is 16.5. The summed E-state index contributed by atoms with van der Waals surface area (Å²) < 4.78 is 41.2. The topological polar surface area (TPSA) is 38.0 Å². The molecule has 0 saturated heterocycles. The van der Waals surface area contributed by atoms with E-state index < -0.39 is 6.85 Å². The molecule has 0 fully saturated rings. The molecular formula is C61H57N5O+2. The zero-order valence-corrected chi connectivity index (χ0v) is 39.7. The number of nitrogens with zero attached hydrogens (tertiary/aromatic N) is 5. The fourth-order valence-electron chi connectivity index (χ4n) is 9.61. The lowest BCUT2D eigenvalue weighted by atomic mass is 9.80. The lowest BCUT2D eigenvalue weighted by Gasteiger charge is -2.24. The second-order valence-corrected chi connectivity index (χ2v) is 21.1. The van der Waals surface area contributed by atoms with Crippen LogP contribution < -0.4 is 13.9 Å². The summed E-state index contributed by atoms with van der Waals surface area (Å²) in [5.74, 6) is 2.12. The van der Waals surface area contributed by atoms with Gasteiger partial charge in [-0.1, -0.05) is 123 Å². The van der Waals surface area contributed by atoms with Gasteiger partial charge in [-0.3, -0.25) is 4.57 Å². The Morgan fingerprint density at radius 1 is 0.493 bits per heavy atom. The number of pyridine rings is 1. The fourth-order valence-corrected chi connectivity index (χ4v) is 9.61. The Morgan fingerprint density at radius 2 is 1.13 bits per heavy atom. The summed E-state index contributed by atoms with van der Waals surface area (Å²) in [6.07, 6.45) is 1.91. The van der Waals surface area contributed by atoms with Gasteiger partial charge in [-0.25, -0.2) is 4.98 Å². The van der Waals surface area contributed by atoms with Crippen molar-refractivity contribution in [1.82, 2.24) is 23.3 Å². The van der Waals surface area contributed by atoms with Crippen LogP contribution in [0.4, 0.5) is 22.7 Å². The van der Waals surface area contributed by atoms with Crippen LogP contribution in [-0.2, 0) is 16.2 Å². The van der Waals surface area contributed by atoms with Crippen molar-refractivity contribution >= 4 is 72.4 Å². The minimum Gasteiger partial charge on any atom is -0.457 e. The van der Waals surface area contributed by atoms with E-state index in [4.69, 9.17) is 13.8 Å². The molecule has 0 atom stereocenters. The summed E-state index contributed by atoms with van der Waals surface area (Å²) >= 11 is 0. The van der Waals surface area contributed by atoms with Crippen molar-refractivity contribution < 1.29 is 8.85 Å². The Kier molecular flexibility index (Phi) is 8.82. The zero-order valence-electron chi connectivity index (χ0n) is 42.7. The molecule has 0 bridgehead atoms. The van der Waals surface area contributed by atoms with Crippen molar-refractivity contribution in [3.8, 4) is 23.0 Å². The number of hydrogen-bond donors (Lipinski definition) is 0. The van der Waals surface area contributed by atoms with E-state index in [1.54, 1.807) is 6.07 Å². The van der Waals surface area contributed by atoms with Crippen LogP contribution in [0, 0.1) is 6.85 Å². The summed E-state index contributed by atoms with van der Waals surface area (Å²) in [5, 5.41) is 4.62. The van der Waals surface area contributed by atoms with Crippen molar-refractivity contribution in [1.29, 1.82) is 0 Å². The Balaban J connectivity index is 1.05. The predicted octanol–water partition coefficient (Wildman–Crippen LogP) is 16.1. The highest BCUT2D eigenvalue weighted by Gasteiger charge is 2.39. The molecule has 6 nitrogen and oxygen atoms in total. The van der Waals surface area contributed by atoms with Crippen LogP contribution in [0.5, 0.6) is 11.5 Å². The largest absolute Gasteiger partial charge is 0.503 e. The van der Waals surface area contributed by atoms with Crippen molar-refractivity contribution in [2.24, 2.45) is 0 Å². The van der Waals surface area contributed by atoms with Gasteiger partial charge in [0, 0.05) is 73.4 Å². The van der Waals surface area contributed by atoms with Crippen molar-refractivity contribution in [3.05, 3.63) is 186 Å². The molecule has 0 N–H and O–H groups in total.